The fourth-order valence-electron chi connectivity index (χ4n) is 5.45. The number of rotatable bonds is 10. The van der Waals surface area contributed by atoms with Crippen molar-refractivity contribution in [3.8, 4) is 11.5 Å². The number of hydroxylamine groups is 2. The lowest BCUT2D eigenvalue weighted by molar-refractivity contribution is -0.179. The first-order valence-corrected chi connectivity index (χ1v) is 15.3. The van der Waals surface area contributed by atoms with E-state index in [1.807, 2.05) is 36.4 Å². The van der Waals surface area contributed by atoms with Gasteiger partial charge in [-0.3, -0.25) is 0 Å². The van der Waals surface area contributed by atoms with Crippen LogP contribution in [0.25, 0.3) is 10.8 Å². The number of ether oxygens (including phenoxy) is 5. The van der Waals surface area contributed by atoms with Gasteiger partial charge in [-0.25, -0.2) is 9.59 Å². The lowest BCUT2D eigenvalue weighted by atomic mass is 9.87. The van der Waals surface area contributed by atoms with E-state index in [0.717, 1.165) is 22.1 Å². The van der Waals surface area contributed by atoms with Crippen LogP contribution in [0.4, 0.5) is 4.79 Å². The molecule has 1 aliphatic rings. The SMILES string of the molecule is COc1cc(OC)cc(C(=O)OCc2ccc(C3CCN(OC(=O)OC(C)(C)C)CC3OCc3ccc4ccccc4c3)cc2)c1. The molecule has 4 aromatic carbocycles. The molecule has 2 unspecified atom stereocenters. The molecule has 0 spiro atoms. The molecule has 242 valence electrons. The van der Waals surface area contributed by atoms with Gasteiger partial charge < -0.3 is 28.5 Å². The lowest BCUT2D eigenvalue weighted by Gasteiger charge is -2.37. The minimum absolute atomic E-state index is 0.0554. The number of carbonyl (C=O) groups is 2. The van der Waals surface area contributed by atoms with Crippen LogP contribution in [-0.4, -0.2) is 56.2 Å². The summed E-state index contributed by atoms with van der Waals surface area (Å²) in [6.45, 7) is 6.85. The van der Waals surface area contributed by atoms with E-state index in [2.05, 4.69) is 30.3 Å². The molecule has 1 saturated heterocycles. The Hall–Kier alpha value is -4.60. The van der Waals surface area contributed by atoms with E-state index in [1.54, 1.807) is 44.0 Å². The summed E-state index contributed by atoms with van der Waals surface area (Å²) in [6, 6.07) is 27.5. The van der Waals surface area contributed by atoms with E-state index in [0.29, 0.717) is 43.2 Å². The zero-order chi connectivity index (χ0) is 32.7. The van der Waals surface area contributed by atoms with Gasteiger partial charge in [-0.05, 0) is 72.9 Å². The molecule has 9 heteroatoms. The zero-order valence-electron chi connectivity index (χ0n) is 27.0. The number of hydrogen-bond acceptors (Lipinski definition) is 9. The second-order valence-corrected chi connectivity index (χ2v) is 12.3. The highest BCUT2D eigenvalue weighted by Gasteiger charge is 2.34. The standard InChI is InChI=1S/C37H41NO8/c1-37(2,3)45-36(40)46-38-17-16-33(34(22-38)43-24-26-12-13-27-8-6-7-9-29(27)18-26)28-14-10-25(11-15-28)23-44-35(39)30-19-31(41-4)21-32(20-30)42-5/h6-15,18-21,33-34H,16-17,22-24H2,1-5H3. The average Bonchev–Trinajstić information content (AvgIpc) is 3.05. The van der Waals surface area contributed by atoms with Crippen LogP contribution in [0.2, 0.25) is 0 Å². The summed E-state index contributed by atoms with van der Waals surface area (Å²) in [4.78, 5) is 30.7. The van der Waals surface area contributed by atoms with Gasteiger partial charge in [-0.2, -0.15) is 0 Å². The van der Waals surface area contributed by atoms with Gasteiger partial charge in [0.25, 0.3) is 0 Å². The molecule has 0 amide bonds. The fraction of sp³-hybridized carbons (Fsp3) is 0.351. The molecule has 0 N–H and O–H groups in total. The second kappa shape index (κ2) is 14.7. The smallest absolute Gasteiger partial charge is 0.497 e. The highest BCUT2D eigenvalue weighted by atomic mass is 16.8. The topological polar surface area (TPSA) is 92.8 Å². The summed E-state index contributed by atoms with van der Waals surface area (Å²) >= 11 is 0. The van der Waals surface area contributed by atoms with E-state index >= 15 is 0 Å². The summed E-state index contributed by atoms with van der Waals surface area (Å²) in [5.74, 6) is 0.603. The van der Waals surface area contributed by atoms with Gasteiger partial charge in [0.1, 0.15) is 23.7 Å². The lowest BCUT2D eigenvalue weighted by Crippen LogP contribution is -2.45. The van der Waals surface area contributed by atoms with Crippen molar-refractivity contribution in [3.63, 3.8) is 0 Å². The number of carbonyl (C=O) groups excluding carboxylic acids is 2. The molecule has 46 heavy (non-hydrogen) atoms. The summed E-state index contributed by atoms with van der Waals surface area (Å²) in [5.41, 5.74) is 2.70. The number of benzene rings is 4. The molecular formula is C37H41NO8. The minimum atomic E-state index is -0.731. The van der Waals surface area contributed by atoms with E-state index in [4.69, 9.17) is 28.5 Å². The summed E-state index contributed by atoms with van der Waals surface area (Å²) in [6.07, 6.45) is -0.281. The molecule has 9 nitrogen and oxygen atoms in total. The molecule has 0 aliphatic carbocycles. The maximum absolute atomic E-state index is 12.8. The van der Waals surface area contributed by atoms with Gasteiger partial charge in [0.15, 0.2) is 0 Å². The second-order valence-electron chi connectivity index (χ2n) is 12.3. The summed E-state index contributed by atoms with van der Waals surface area (Å²) < 4.78 is 28.0. The Morgan fingerprint density at radius 1 is 0.804 bits per heavy atom. The largest absolute Gasteiger partial charge is 0.528 e. The first-order chi connectivity index (χ1) is 22.1. The van der Waals surface area contributed by atoms with E-state index in [-0.39, 0.29) is 18.6 Å². The number of piperidine rings is 1. The van der Waals surface area contributed by atoms with Crippen LogP contribution in [0.15, 0.2) is 84.9 Å². The molecule has 0 saturated carbocycles. The first-order valence-electron chi connectivity index (χ1n) is 15.3. The van der Waals surface area contributed by atoms with Crippen molar-refractivity contribution >= 4 is 22.9 Å². The predicted octanol–water partition coefficient (Wildman–Crippen LogP) is 7.46. The number of esters is 1. The van der Waals surface area contributed by atoms with Crippen molar-refractivity contribution < 1.29 is 38.1 Å². The number of nitrogens with zero attached hydrogens (tertiary/aromatic N) is 1. The zero-order valence-corrected chi connectivity index (χ0v) is 27.0. The van der Waals surface area contributed by atoms with Gasteiger partial charge in [-0.15, -0.1) is 5.06 Å². The van der Waals surface area contributed by atoms with E-state index in [1.165, 1.54) is 19.6 Å². The highest BCUT2D eigenvalue weighted by molar-refractivity contribution is 5.90. The Morgan fingerprint density at radius 3 is 2.15 bits per heavy atom. The van der Waals surface area contributed by atoms with Gasteiger partial charge in [0, 0.05) is 18.5 Å². The Morgan fingerprint density at radius 2 is 1.48 bits per heavy atom. The van der Waals surface area contributed by atoms with Crippen molar-refractivity contribution in [3.05, 3.63) is 107 Å². The van der Waals surface area contributed by atoms with Crippen molar-refractivity contribution in [2.45, 2.75) is 58.0 Å². The minimum Gasteiger partial charge on any atom is -0.497 e. The van der Waals surface area contributed by atoms with Gasteiger partial charge in [0.2, 0.25) is 0 Å². The third-order valence-electron chi connectivity index (χ3n) is 7.76. The normalized spacial score (nSPS) is 16.9. The van der Waals surface area contributed by atoms with Crippen molar-refractivity contribution in [1.29, 1.82) is 0 Å². The van der Waals surface area contributed by atoms with Crippen LogP contribution < -0.4 is 9.47 Å². The molecule has 1 heterocycles. The molecule has 5 rings (SSSR count). The third-order valence-corrected chi connectivity index (χ3v) is 7.76. The average molecular weight is 628 g/mol. The third kappa shape index (κ3) is 8.77. The highest BCUT2D eigenvalue weighted by Crippen LogP contribution is 2.32. The molecule has 0 bridgehead atoms. The Balaban J connectivity index is 1.26. The van der Waals surface area contributed by atoms with E-state index in [9.17, 15) is 9.59 Å². The van der Waals surface area contributed by atoms with Gasteiger partial charge >= 0.3 is 12.1 Å². The Bertz CT molecular complexity index is 1620. The first kappa shape index (κ1) is 32.8. The summed E-state index contributed by atoms with van der Waals surface area (Å²) in [7, 11) is 3.06. The monoisotopic (exact) mass is 627 g/mol. The fourth-order valence-corrected chi connectivity index (χ4v) is 5.45. The van der Waals surface area contributed by atoms with Crippen molar-refractivity contribution in [2.75, 3.05) is 27.3 Å². The molecular weight excluding hydrogens is 586 g/mol. The van der Waals surface area contributed by atoms with Crippen LogP contribution in [0.3, 0.4) is 0 Å². The summed E-state index contributed by atoms with van der Waals surface area (Å²) in [5, 5.41) is 3.95. The predicted molar refractivity (Wildman–Crippen MR) is 174 cm³/mol. The number of fused-ring (bicyclic) bond motifs is 1. The molecule has 4 aromatic rings. The van der Waals surface area contributed by atoms with Crippen LogP contribution in [0, 0.1) is 0 Å². The van der Waals surface area contributed by atoms with Crippen LogP contribution in [-0.2, 0) is 32.3 Å². The van der Waals surface area contributed by atoms with E-state index < -0.39 is 17.7 Å². The number of methoxy groups -OCH3 is 2. The van der Waals surface area contributed by atoms with Crippen LogP contribution in [0.5, 0.6) is 11.5 Å². The number of hydrogen-bond donors (Lipinski definition) is 0. The molecule has 2 atom stereocenters. The van der Waals surface area contributed by atoms with Crippen molar-refractivity contribution in [2.24, 2.45) is 0 Å². The van der Waals surface area contributed by atoms with Crippen LogP contribution >= 0.6 is 0 Å². The van der Waals surface area contributed by atoms with Crippen molar-refractivity contribution in [1.82, 2.24) is 5.06 Å². The quantitative estimate of drug-likeness (QED) is 0.166. The van der Waals surface area contributed by atoms with Gasteiger partial charge in [-0.1, -0.05) is 60.7 Å². The Kier molecular flexibility index (Phi) is 10.4. The maximum atomic E-state index is 12.8. The molecule has 0 aromatic heterocycles. The maximum Gasteiger partial charge on any atom is 0.528 e. The van der Waals surface area contributed by atoms with Gasteiger partial charge in [0.05, 0.1) is 39.0 Å². The molecule has 0 radical (unpaired) electrons. The molecule has 1 fully saturated rings. The molecule has 1 aliphatic heterocycles. The van der Waals surface area contributed by atoms with Crippen LogP contribution in [0.1, 0.15) is 60.2 Å². The Labute approximate surface area is 269 Å².